The molecule has 0 fully saturated rings. The molecule has 0 saturated heterocycles. The van der Waals surface area contributed by atoms with Gasteiger partial charge in [0.1, 0.15) is 5.69 Å². The number of ether oxygens (including phenoxy) is 1. The summed E-state index contributed by atoms with van der Waals surface area (Å²) in [5.41, 5.74) is 3.11. The van der Waals surface area contributed by atoms with Gasteiger partial charge in [-0.25, -0.2) is 4.79 Å². The smallest absolute Gasteiger partial charge is 0.354 e. The van der Waals surface area contributed by atoms with Gasteiger partial charge in [-0.15, -0.1) is 0 Å². The number of nitrogens with one attached hydrogen (secondary N) is 1. The summed E-state index contributed by atoms with van der Waals surface area (Å²) in [5, 5.41) is 0. The van der Waals surface area contributed by atoms with Crippen molar-refractivity contribution in [3.63, 3.8) is 0 Å². The molecule has 1 N–H and O–H groups in total. The van der Waals surface area contributed by atoms with Crippen molar-refractivity contribution in [1.29, 1.82) is 0 Å². The standard InChI is InChI=1S/C12H17NO2/c1-3-15-12(14)11-7-9-5-4-8(2)6-10(9)13-11/h7-8,13H,3-6H2,1-2H3. The fourth-order valence-corrected chi connectivity index (χ4v) is 2.12. The van der Waals surface area contributed by atoms with Crippen LogP contribution in [0.15, 0.2) is 6.07 Å². The normalized spacial score (nSPS) is 19.7. The van der Waals surface area contributed by atoms with Gasteiger partial charge < -0.3 is 9.72 Å². The van der Waals surface area contributed by atoms with Gasteiger partial charge in [0.2, 0.25) is 0 Å². The molecule has 1 aromatic heterocycles. The second kappa shape index (κ2) is 4.09. The molecule has 3 heteroatoms. The highest BCUT2D eigenvalue weighted by Gasteiger charge is 2.20. The number of H-pyrrole nitrogens is 1. The minimum Gasteiger partial charge on any atom is -0.461 e. The predicted molar refractivity (Wildman–Crippen MR) is 57.9 cm³/mol. The van der Waals surface area contributed by atoms with Crippen molar-refractivity contribution in [2.24, 2.45) is 5.92 Å². The third-order valence-corrected chi connectivity index (χ3v) is 2.95. The molecule has 15 heavy (non-hydrogen) atoms. The van der Waals surface area contributed by atoms with E-state index in [1.54, 1.807) is 0 Å². The highest BCUT2D eigenvalue weighted by Crippen LogP contribution is 2.25. The van der Waals surface area contributed by atoms with Gasteiger partial charge in [0, 0.05) is 5.69 Å². The van der Waals surface area contributed by atoms with Crippen LogP contribution < -0.4 is 0 Å². The number of rotatable bonds is 2. The summed E-state index contributed by atoms with van der Waals surface area (Å²) in [4.78, 5) is 14.7. The highest BCUT2D eigenvalue weighted by molar-refractivity contribution is 5.87. The van der Waals surface area contributed by atoms with Gasteiger partial charge in [0.15, 0.2) is 0 Å². The summed E-state index contributed by atoms with van der Waals surface area (Å²) >= 11 is 0. The Balaban J connectivity index is 2.19. The average Bonchev–Trinajstić information content (AvgIpc) is 2.60. The fourth-order valence-electron chi connectivity index (χ4n) is 2.12. The molecule has 0 spiro atoms. The van der Waals surface area contributed by atoms with E-state index < -0.39 is 0 Å². The predicted octanol–water partition coefficient (Wildman–Crippen LogP) is 2.32. The summed E-state index contributed by atoms with van der Waals surface area (Å²) in [7, 11) is 0. The van der Waals surface area contributed by atoms with Crippen molar-refractivity contribution in [2.75, 3.05) is 6.61 Å². The Bertz CT molecular complexity index is 368. The summed E-state index contributed by atoms with van der Waals surface area (Å²) in [6.07, 6.45) is 3.34. The summed E-state index contributed by atoms with van der Waals surface area (Å²) < 4.78 is 4.96. The van der Waals surface area contributed by atoms with E-state index in [2.05, 4.69) is 11.9 Å². The monoisotopic (exact) mass is 207 g/mol. The van der Waals surface area contributed by atoms with Crippen LogP contribution in [-0.2, 0) is 17.6 Å². The molecule has 2 rings (SSSR count). The third kappa shape index (κ3) is 2.06. The molecule has 1 aromatic rings. The van der Waals surface area contributed by atoms with E-state index in [1.165, 1.54) is 17.7 Å². The van der Waals surface area contributed by atoms with E-state index in [1.807, 2.05) is 13.0 Å². The molecular formula is C12H17NO2. The highest BCUT2D eigenvalue weighted by atomic mass is 16.5. The van der Waals surface area contributed by atoms with Crippen LogP contribution in [0.5, 0.6) is 0 Å². The van der Waals surface area contributed by atoms with Crippen molar-refractivity contribution in [1.82, 2.24) is 4.98 Å². The van der Waals surface area contributed by atoms with E-state index in [4.69, 9.17) is 4.74 Å². The summed E-state index contributed by atoms with van der Waals surface area (Å²) in [6, 6.07) is 1.94. The van der Waals surface area contributed by atoms with Crippen LogP contribution in [0.1, 0.15) is 42.0 Å². The van der Waals surface area contributed by atoms with Crippen molar-refractivity contribution < 1.29 is 9.53 Å². The zero-order valence-electron chi connectivity index (χ0n) is 9.30. The Kier molecular flexibility index (Phi) is 2.80. The van der Waals surface area contributed by atoms with Gasteiger partial charge in [0.05, 0.1) is 6.61 Å². The first-order valence-electron chi connectivity index (χ1n) is 5.58. The lowest BCUT2D eigenvalue weighted by Crippen LogP contribution is -2.10. The first-order valence-corrected chi connectivity index (χ1v) is 5.58. The molecule has 0 aliphatic heterocycles. The van der Waals surface area contributed by atoms with Crippen LogP contribution in [0.3, 0.4) is 0 Å². The zero-order chi connectivity index (χ0) is 10.8. The minimum absolute atomic E-state index is 0.237. The maximum atomic E-state index is 11.5. The van der Waals surface area contributed by atoms with Gasteiger partial charge in [0.25, 0.3) is 0 Å². The summed E-state index contributed by atoms with van der Waals surface area (Å²) in [5.74, 6) is 0.478. The Hall–Kier alpha value is -1.25. The van der Waals surface area contributed by atoms with E-state index in [0.717, 1.165) is 12.8 Å². The molecule has 1 aliphatic rings. The van der Waals surface area contributed by atoms with Crippen LogP contribution in [0, 0.1) is 5.92 Å². The first kappa shape index (κ1) is 10.3. The van der Waals surface area contributed by atoms with Gasteiger partial charge >= 0.3 is 5.97 Å². The SMILES string of the molecule is CCOC(=O)c1cc2c([nH]1)CC(C)CC2. The maximum absolute atomic E-state index is 11.5. The van der Waals surface area contributed by atoms with Gasteiger partial charge in [-0.3, -0.25) is 0 Å². The minimum atomic E-state index is -0.237. The number of hydrogen-bond acceptors (Lipinski definition) is 2. The van der Waals surface area contributed by atoms with E-state index in [-0.39, 0.29) is 5.97 Å². The number of hydrogen-bond donors (Lipinski definition) is 1. The molecule has 0 amide bonds. The maximum Gasteiger partial charge on any atom is 0.354 e. The Morgan fingerprint density at radius 1 is 1.67 bits per heavy atom. The molecule has 1 aliphatic carbocycles. The van der Waals surface area contributed by atoms with Gasteiger partial charge in [-0.2, -0.15) is 0 Å². The van der Waals surface area contributed by atoms with E-state index in [0.29, 0.717) is 18.2 Å². The Morgan fingerprint density at radius 2 is 2.47 bits per heavy atom. The number of carbonyl (C=O) groups excluding carboxylic acids is 1. The first-order chi connectivity index (χ1) is 7.20. The number of aromatic amines is 1. The van der Waals surface area contributed by atoms with E-state index >= 15 is 0 Å². The molecule has 1 heterocycles. The summed E-state index contributed by atoms with van der Waals surface area (Å²) in [6.45, 7) is 4.50. The molecule has 0 saturated carbocycles. The number of carbonyl (C=O) groups is 1. The Labute approximate surface area is 89.8 Å². The van der Waals surface area contributed by atoms with Crippen LogP contribution in [0.25, 0.3) is 0 Å². The van der Waals surface area contributed by atoms with Crippen LogP contribution in [0.4, 0.5) is 0 Å². The lowest BCUT2D eigenvalue weighted by molar-refractivity contribution is 0.0520. The second-order valence-electron chi connectivity index (χ2n) is 4.26. The van der Waals surface area contributed by atoms with Gasteiger partial charge in [-0.05, 0) is 43.7 Å². The largest absolute Gasteiger partial charge is 0.461 e. The second-order valence-corrected chi connectivity index (χ2v) is 4.26. The Morgan fingerprint density at radius 3 is 3.20 bits per heavy atom. The number of fused-ring (bicyclic) bond motifs is 1. The molecular weight excluding hydrogens is 190 g/mol. The zero-order valence-corrected chi connectivity index (χ0v) is 9.30. The fraction of sp³-hybridized carbons (Fsp3) is 0.583. The molecule has 3 nitrogen and oxygen atoms in total. The number of aromatic nitrogens is 1. The molecule has 1 atom stereocenters. The number of esters is 1. The molecule has 0 aromatic carbocycles. The lowest BCUT2D eigenvalue weighted by atomic mass is 9.89. The van der Waals surface area contributed by atoms with Crippen LogP contribution >= 0.6 is 0 Å². The van der Waals surface area contributed by atoms with Crippen LogP contribution in [-0.4, -0.2) is 17.6 Å². The van der Waals surface area contributed by atoms with Crippen molar-refractivity contribution in [3.8, 4) is 0 Å². The molecule has 1 unspecified atom stereocenters. The molecule has 82 valence electrons. The quantitative estimate of drug-likeness (QED) is 0.756. The molecule has 0 bridgehead atoms. The van der Waals surface area contributed by atoms with Crippen LogP contribution in [0.2, 0.25) is 0 Å². The number of aryl methyl sites for hydroxylation is 1. The topological polar surface area (TPSA) is 42.1 Å². The average molecular weight is 207 g/mol. The lowest BCUT2D eigenvalue weighted by Gasteiger charge is -2.17. The third-order valence-electron chi connectivity index (χ3n) is 2.95. The van der Waals surface area contributed by atoms with E-state index in [9.17, 15) is 4.79 Å². The van der Waals surface area contributed by atoms with Crippen molar-refractivity contribution in [3.05, 3.63) is 23.0 Å². The van der Waals surface area contributed by atoms with Crippen molar-refractivity contribution >= 4 is 5.97 Å². The van der Waals surface area contributed by atoms with Gasteiger partial charge in [-0.1, -0.05) is 6.92 Å². The molecule has 0 radical (unpaired) electrons. The van der Waals surface area contributed by atoms with Crippen molar-refractivity contribution in [2.45, 2.75) is 33.1 Å².